The first-order valence-electron chi connectivity index (χ1n) is 4.15. The van der Waals surface area contributed by atoms with Crippen molar-refractivity contribution in [2.45, 2.75) is 0 Å². The number of carboxylic acids is 1. The molecule has 1 rings (SSSR count). The van der Waals surface area contributed by atoms with Crippen molar-refractivity contribution in [2.24, 2.45) is 0 Å². The molecule has 78 valence electrons. The summed E-state index contributed by atoms with van der Waals surface area (Å²) in [6, 6.07) is 7.14. The van der Waals surface area contributed by atoms with E-state index in [1.54, 1.807) is 24.3 Å². The van der Waals surface area contributed by atoms with Crippen molar-refractivity contribution in [3.63, 3.8) is 0 Å². The molecule has 0 unspecified atom stereocenters. The normalized spacial score (nSPS) is 8.87. The fourth-order valence-electron chi connectivity index (χ4n) is 0.951. The number of anilines is 1. The van der Waals surface area contributed by atoms with Gasteiger partial charge in [-0.25, -0.2) is 5.43 Å². The summed E-state index contributed by atoms with van der Waals surface area (Å²) >= 11 is 5.26. The molecular formula is C10H9ClN2O2. The second kappa shape index (κ2) is 5.91. The van der Waals surface area contributed by atoms with Crippen LogP contribution < -0.4 is 10.9 Å². The van der Waals surface area contributed by atoms with Gasteiger partial charge in [-0.1, -0.05) is 6.07 Å². The van der Waals surface area contributed by atoms with Gasteiger partial charge in [-0.3, -0.25) is 4.79 Å². The maximum atomic E-state index is 10.2. The van der Waals surface area contributed by atoms with Crippen LogP contribution in [0.2, 0.25) is 0 Å². The molecule has 5 heteroatoms. The molecule has 0 radical (unpaired) electrons. The highest BCUT2D eigenvalue weighted by Crippen LogP contribution is 2.08. The van der Waals surface area contributed by atoms with Gasteiger partial charge in [0.15, 0.2) is 0 Å². The Bertz CT molecular complexity index is 409. The van der Waals surface area contributed by atoms with Gasteiger partial charge in [0, 0.05) is 16.6 Å². The quantitative estimate of drug-likeness (QED) is 0.532. The van der Waals surface area contributed by atoms with E-state index < -0.39 is 5.97 Å². The van der Waals surface area contributed by atoms with Gasteiger partial charge in [0.2, 0.25) is 0 Å². The van der Waals surface area contributed by atoms with E-state index in [1.807, 2.05) is 0 Å². The maximum absolute atomic E-state index is 10.2. The molecule has 0 aromatic heterocycles. The SMILES string of the molecule is O=C(O)CNNc1cccc(C#CCl)c1. The van der Waals surface area contributed by atoms with Crippen molar-refractivity contribution in [3.8, 4) is 11.3 Å². The predicted octanol–water partition coefficient (Wildman–Crippen LogP) is 1.24. The second-order valence-electron chi connectivity index (χ2n) is 2.67. The Hall–Kier alpha value is -1.70. The van der Waals surface area contributed by atoms with Crippen LogP contribution in [0.3, 0.4) is 0 Å². The van der Waals surface area contributed by atoms with Crippen LogP contribution in [0.15, 0.2) is 24.3 Å². The fourth-order valence-corrected chi connectivity index (χ4v) is 1.06. The van der Waals surface area contributed by atoms with Crippen molar-refractivity contribution in [3.05, 3.63) is 29.8 Å². The summed E-state index contributed by atoms with van der Waals surface area (Å²) in [6.45, 7) is -0.161. The number of nitrogens with one attached hydrogen (secondary N) is 2. The van der Waals surface area contributed by atoms with E-state index >= 15 is 0 Å². The zero-order chi connectivity index (χ0) is 11.1. The Morgan fingerprint density at radius 2 is 2.33 bits per heavy atom. The molecule has 15 heavy (non-hydrogen) atoms. The van der Waals surface area contributed by atoms with Crippen LogP contribution in [0.25, 0.3) is 0 Å². The van der Waals surface area contributed by atoms with Gasteiger partial charge in [-0.15, -0.1) is 0 Å². The molecule has 0 amide bonds. The number of carboxylic acid groups (broad SMARTS) is 1. The molecule has 3 N–H and O–H groups in total. The van der Waals surface area contributed by atoms with E-state index in [9.17, 15) is 4.79 Å². The summed E-state index contributed by atoms with van der Waals surface area (Å²) in [7, 11) is 0. The summed E-state index contributed by atoms with van der Waals surface area (Å²) in [4.78, 5) is 10.2. The second-order valence-corrected chi connectivity index (χ2v) is 2.86. The van der Waals surface area contributed by atoms with E-state index in [1.165, 1.54) is 0 Å². The van der Waals surface area contributed by atoms with Crippen LogP contribution in [-0.4, -0.2) is 17.6 Å². The van der Waals surface area contributed by atoms with Gasteiger partial charge in [0.25, 0.3) is 0 Å². The molecular weight excluding hydrogens is 216 g/mol. The lowest BCUT2D eigenvalue weighted by Gasteiger charge is -2.05. The monoisotopic (exact) mass is 224 g/mol. The highest BCUT2D eigenvalue weighted by Gasteiger charge is 1.95. The summed E-state index contributed by atoms with van der Waals surface area (Å²) in [5, 5.41) is 10.7. The molecule has 0 atom stereocenters. The van der Waals surface area contributed by atoms with Crippen LogP contribution >= 0.6 is 11.6 Å². The van der Waals surface area contributed by atoms with Crippen LogP contribution in [-0.2, 0) is 4.79 Å². The van der Waals surface area contributed by atoms with E-state index in [0.29, 0.717) is 0 Å². The summed E-state index contributed by atoms with van der Waals surface area (Å²) < 4.78 is 0. The number of halogens is 1. The third-order valence-electron chi connectivity index (χ3n) is 1.53. The average Bonchev–Trinajstić information content (AvgIpc) is 2.18. The van der Waals surface area contributed by atoms with Crippen molar-refractivity contribution in [2.75, 3.05) is 12.0 Å². The lowest BCUT2D eigenvalue weighted by Crippen LogP contribution is -2.27. The average molecular weight is 225 g/mol. The number of hydrogen-bond acceptors (Lipinski definition) is 3. The molecule has 0 saturated carbocycles. The van der Waals surface area contributed by atoms with Gasteiger partial charge >= 0.3 is 5.97 Å². The summed E-state index contributed by atoms with van der Waals surface area (Å²) in [5.41, 5.74) is 6.76. The summed E-state index contributed by atoms with van der Waals surface area (Å²) in [6.07, 6.45) is 0. The first-order valence-corrected chi connectivity index (χ1v) is 4.52. The number of benzene rings is 1. The van der Waals surface area contributed by atoms with E-state index in [4.69, 9.17) is 16.7 Å². The lowest BCUT2D eigenvalue weighted by atomic mass is 10.2. The molecule has 0 aliphatic rings. The van der Waals surface area contributed by atoms with Crippen LogP contribution in [0.1, 0.15) is 5.56 Å². The minimum Gasteiger partial charge on any atom is -0.480 e. The Kier molecular flexibility index (Phi) is 4.48. The molecule has 0 aliphatic heterocycles. The molecule has 0 heterocycles. The first-order chi connectivity index (χ1) is 7.22. The first kappa shape index (κ1) is 11.4. The van der Waals surface area contributed by atoms with E-state index in [0.717, 1.165) is 11.3 Å². The highest BCUT2D eigenvalue weighted by molar-refractivity contribution is 6.30. The zero-order valence-electron chi connectivity index (χ0n) is 7.75. The van der Waals surface area contributed by atoms with Crippen molar-refractivity contribution >= 4 is 23.3 Å². The van der Waals surface area contributed by atoms with E-state index in [-0.39, 0.29) is 6.54 Å². The molecule has 0 bridgehead atoms. The standard InChI is InChI=1S/C10H9ClN2O2/c11-5-4-8-2-1-3-9(6-8)13-12-7-10(14)15/h1-3,6,12-13H,7H2,(H,14,15). The molecule has 0 saturated heterocycles. The smallest absolute Gasteiger partial charge is 0.319 e. The molecule has 0 fully saturated rings. The number of aliphatic carboxylic acids is 1. The Balaban J connectivity index is 2.56. The van der Waals surface area contributed by atoms with Gasteiger partial charge in [-0.05, 0) is 35.7 Å². The lowest BCUT2D eigenvalue weighted by molar-refractivity contribution is -0.135. The number of hydrogen-bond donors (Lipinski definition) is 3. The molecule has 0 aliphatic carbocycles. The number of rotatable bonds is 4. The molecule has 1 aromatic carbocycles. The maximum Gasteiger partial charge on any atom is 0.319 e. The molecule has 4 nitrogen and oxygen atoms in total. The molecule has 1 aromatic rings. The Morgan fingerprint density at radius 3 is 3.00 bits per heavy atom. The minimum absolute atomic E-state index is 0.161. The van der Waals surface area contributed by atoms with Crippen molar-refractivity contribution in [1.82, 2.24) is 5.43 Å². The third-order valence-corrected chi connectivity index (χ3v) is 1.62. The van der Waals surface area contributed by atoms with Crippen molar-refractivity contribution < 1.29 is 9.90 Å². The largest absolute Gasteiger partial charge is 0.480 e. The highest BCUT2D eigenvalue weighted by atomic mass is 35.5. The molecule has 0 spiro atoms. The van der Waals surface area contributed by atoms with Crippen LogP contribution in [0.4, 0.5) is 5.69 Å². The Labute approximate surface area is 92.2 Å². The van der Waals surface area contributed by atoms with Gasteiger partial charge in [-0.2, -0.15) is 0 Å². The van der Waals surface area contributed by atoms with Gasteiger partial charge < -0.3 is 10.5 Å². The number of carbonyl (C=O) groups is 1. The minimum atomic E-state index is -0.931. The van der Waals surface area contributed by atoms with Crippen molar-refractivity contribution in [1.29, 1.82) is 0 Å². The fraction of sp³-hybridized carbons (Fsp3) is 0.100. The van der Waals surface area contributed by atoms with Crippen LogP contribution in [0, 0.1) is 11.3 Å². The Morgan fingerprint density at radius 1 is 1.53 bits per heavy atom. The van der Waals surface area contributed by atoms with Gasteiger partial charge in [0.1, 0.15) is 6.54 Å². The third kappa shape index (κ3) is 4.36. The zero-order valence-corrected chi connectivity index (χ0v) is 8.51. The van der Waals surface area contributed by atoms with E-state index in [2.05, 4.69) is 22.2 Å². The van der Waals surface area contributed by atoms with Gasteiger partial charge in [0.05, 0.1) is 0 Å². The topological polar surface area (TPSA) is 61.4 Å². The number of hydrazine groups is 1. The predicted molar refractivity (Wildman–Crippen MR) is 58.4 cm³/mol. The van der Waals surface area contributed by atoms with Crippen LogP contribution in [0.5, 0.6) is 0 Å². The summed E-state index contributed by atoms with van der Waals surface area (Å²) in [5.74, 6) is 1.75.